The van der Waals surface area contributed by atoms with E-state index in [0.717, 1.165) is 26.1 Å². The molecule has 0 aromatic heterocycles. The number of hydrogen-bond donors (Lipinski definition) is 1. The summed E-state index contributed by atoms with van der Waals surface area (Å²) >= 11 is 0. The van der Waals surface area contributed by atoms with E-state index in [1.807, 2.05) is 18.2 Å². The molecule has 0 aliphatic carbocycles. The van der Waals surface area contributed by atoms with Gasteiger partial charge in [-0.15, -0.1) is 0 Å². The zero-order valence-corrected chi connectivity index (χ0v) is 16.9. The van der Waals surface area contributed by atoms with Crippen LogP contribution < -0.4 is 10.5 Å². The van der Waals surface area contributed by atoms with Crippen molar-refractivity contribution < 1.29 is 13.2 Å². The smallest absolute Gasteiger partial charge is 0.242 e. The van der Waals surface area contributed by atoms with E-state index < -0.39 is 10.0 Å². The first-order valence-corrected chi connectivity index (χ1v) is 10.5. The predicted octanol–water partition coefficient (Wildman–Crippen LogP) is 1.82. The molecule has 0 atom stereocenters. The van der Waals surface area contributed by atoms with Crippen LogP contribution in [0.4, 0.5) is 0 Å². The van der Waals surface area contributed by atoms with Crippen LogP contribution in [0.2, 0.25) is 0 Å². The van der Waals surface area contributed by atoms with Gasteiger partial charge in [0, 0.05) is 40.3 Å². The van der Waals surface area contributed by atoms with Crippen molar-refractivity contribution in [2.24, 2.45) is 5.73 Å². The first kappa shape index (κ1) is 21.4. The fourth-order valence-electron chi connectivity index (χ4n) is 2.66. The van der Waals surface area contributed by atoms with Gasteiger partial charge in [0.25, 0.3) is 0 Å². The molecule has 0 aliphatic heterocycles. The van der Waals surface area contributed by atoms with E-state index in [4.69, 9.17) is 10.5 Å². The number of benzene rings is 2. The number of rotatable bonds is 11. The number of nitrogens with two attached hydrogens (primary N) is 1. The molecule has 0 bridgehead atoms. The van der Waals surface area contributed by atoms with Crippen molar-refractivity contribution in [2.75, 3.05) is 46.9 Å². The van der Waals surface area contributed by atoms with E-state index in [-0.39, 0.29) is 4.90 Å². The minimum absolute atomic E-state index is 0.257. The van der Waals surface area contributed by atoms with Crippen LogP contribution in [0.25, 0.3) is 0 Å². The Bertz CT molecular complexity index is 778. The molecular weight excluding hydrogens is 362 g/mol. The Hall–Kier alpha value is -1.93. The SMILES string of the molecule is CN(C)S(=O)(=O)c1ccc(OCCN(CCN)CCc2ccccc2)cc1. The Morgan fingerprint density at radius 2 is 1.59 bits per heavy atom. The second-order valence-electron chi connectivity index (χ2n) is 6.47. The van der Waals surface area contributed by atoms with Gasteiger partial charge in [-0.3, -0.25) is 4.90 Å². The molecule has 7 heteroatoms. The Balaban J connectivity index is 1.83. The molecule has 0 saturated heterocycles. The largest absolute Gasteiger partial charge is 0.492 e. The summed E-state index contributed by atoms with van der Waals surface area (Å²) in [5.74, 6) is 0.656. The lowest BCUT2D eigenvalue weighted by Gasteiger charge is -2.21. The molecule has 0 spiro atoms. The van der Waals surface area contributed by atoms with Crippen molar-refractivity contribution in [1.82, 2.24) is 9.21 Å². The summed E-state index contributed by atoms with van der Waals surface area (Å²) in [5.41, 5.74) is 7.02. The molecule has 6 nitrogen and oxygen atoms in total. The highest BCUT2D eigenvalue weighted by molar-refractivity contribution is 7.89. The third-order valence-electron chi connectivity index (χ3n) is 4.28. The summed E-state index contributed by atoms with van der Waals surface area (Å²) in [6.45, 7) is 3.63. The number of ether oxygens (including phenoxy) is 1. The molecule has 2 aromatic rings. The lowest BCUT2D eigenvalue weighted by molar-refractivity contribution is 0.214. The zero-order valence-electron chi connectivity index (χ0n) is 16.0. The van der Waals surface area contributed by atoms with Crippen LogP contribution in [0.15, 0.2) is 59.5 Å². The van der Waals surface area contributed by atoms with Gasteiger partial charge in [0.05, 0.1) is 4.90 Å². The fraction of sp³-hybridized carbons (Fsp3) is 0.400. The van der Waals surface area contributed by atoms with Crippen molar-refractivity contribution in [3.63, 3.8) is 0 Å². The van der Waals surface area contributed by atoms with Gasteiger partial charge in [-0.1, -0.05) is 30.3 Å². The van der Waals surface area contributed by atoms with Gasteiger partial charge in [-0.05, 0) is 36.2 Å². The molecule has 0 heterocycles. The Morgan fingerprint density at radius 1 is 0.926 bits per heavy atom. The minimum atomic E-state index is -3.41. The fourth-order valence-corrected chi connectivity index (χ4v) is 3.56. The predicted molar refractivity (Wildman–Crippen MR) is 108 cm³/mol. The van der Waals surface area contributed by atoms with Crippen LogP contribution in [0.1, 0.15) is 5.56 Å². The Morgan fingerprint density at radius 3 is 2.19 bits per heavy atom. The molecule has 2 aromatic carbocycles. The molecule has 27 heavy (non-hydrogen) atoms. The molecule has 0 unspecified atom stereocenters. The molecule has 2 rings (SSSR count). The lowest BCUT2D eigenvalue weighted by atomic mass is 10.1. The summed E-state index contributed by atoms with van der Waals surface area (Å²) < 4.78 is 31.1. The van der Waals surface area contributed by atoms with Gasteiger partial charge < -0.3 is 10.5 Å². The molecule has 0 saturated carbocycles. The quantitative estimate of drug-likeness (QED) is 0.632. The van der Waals surface area contributed by atoms with Crippen LogP contribution in [-0.2, 0) is 16.4 Å². The standard InChI is InChI=1S/C20H29N3O3S/c1-22(2)27(24,25)20-10-8-19(9-11-20)26-17-16-23(15-13-21)14-12-18-6-4-3-5-7-18/h3-11H,12-17,21H2,1-2H3. The topological polar surface area (TPSA) is 75.9 Å². The summed E-state index contributed by atoms with van der Waals surface area (Å²) in [6.07, 6.45) is 0.970. The maximum absolute atomic E-state index is 12.1. The van der Waals surface area contributed by atoms with E-state index >= 15 is 0 Å². The van der Waals surface area contributed by atoms with Crippen molar-refractivity contribution in [3.8, 4) is 5.75 Å². The van der Waals surface area contributed by atoms with Gasteiger partial charge >= 0.3 is 0 Å². The Labute approximate surface area is 162 Å². The van der Waals surface area contributed by atoms with Gasteiger partial charge in [-0.25, -0.2) is 12.7 Å². The normalized spacial score (nSPS) is 11.9. The maximum Gasteiger partial charge on any atom is 0.242 e. The van der Waals surface area contributed by atoms with Gasteiger partial charge in [0.15, 0.2) is 0 Å². The molecule has 0 aliphatic rings. The summed E-state index contributed by atoms with van der Waals surface area (Å²) in [5, 5.41) is 0. The van der Waals surface area contributed by atoms with Gasteiger partial charge in [-0.2, -0.15) is 0 Å². The van der Waals surface area contributed by atoms with Crippen molar-refractivity contribution in [1.29, 1.82) is 0 Å². The average molecular weight is 392 g/mol. The molecule has 0 fully saturated rings. The van der Waals surface area contributed by atoms with E-state index in [9.17, 15) is 8.42 Å². The van der Waals surface area contributed by atoms with E-state index in [0.29, 0.717) is 18.9 Å². The molecule has 0 radical (unpaired) electrons. The maximum atomic E-state index is 12.1. The molecular formula is C20H29N3O3S. The van der Waals surface area contributed by atoms with E-state index in [1.165, 1.54) is 24.0 Å². The van der Waals surface area contributed by atoms with E-state index in [2.05, 4.69) is 17.0 Å². The number of nitrogens with zero attached hydrogens (tertiary/aromatic N) is 2. The zero-order chi connectivity index (χ0) is 19.7. The van der Waals surface area contributed by atoms with Crippen molar-refractivity contribution >= 4 is 10.0 Å². The lowest BCUT2D eigenvalue weighted by Crippen LogP contribution is -2.34. The van der Waals surface area contributed by atoms with Crippen molar-refractivity contribution in [2.45, 2.75) is 11.3 Å². The van der Waals surface area contributed by atoms with Crippen LogP contribution >= 0.6 is 0 Å². The molecule has 2 N–H and O–H groups in total. The number of sulfonamides is 1. The number of hydrogen-bond acceptors (Lipinski definition) is 5. The second-order valence-corrected chi connectivity index (χ2v) is 8.63. The average Bonchev–Trinajstić information content (AvgIpc) is 2.67. The minimum Gasteiger partial charge on any atom is -0.492 e. The first-order chi connectivity index (χ1) is 12.9. The van der Waals surface area contributed by atoms with Crippen LogP contribution in [0, 0.1) is 0 Å². The molecule has 148 valence electrons. The van der Waals surface area contributed by atoms with Crippen LogP contribution in [-0.4, -0.2) is 64.5 Å². The van der Waals surface area contributed by atoms with Gasteiger partial charge in [0.1, 0.15) is 12.4 Å². The summed E-state index contributed by atoms with van der Waals surface area (Å²) in [7, 11) is -0.383. The van der Waals surface area contributed by atoms with E-state index in [1.54, 1.807) is 24.3 Å². The van der Waals surface area contributed by atoms with Crippen molar-refractivity contribution in [3.05, 3.63) is 60.2 Å². The summed E-state index contributed by atoms with van der Waals surface area (Å²) in [4.78, 5) is 2.53. The van der Waals surface area contributed by atoms with Crippen LogP contribution in [0.5, 0.6) is 5.75 Å². The third kappa shape index (κ3) is 6.62. The first-order valence-electron chi connectivity index (χ1n) is 9.05. The third-order valence-corrected chi connectivity index (χ3v) is 6.11. The van der Waals surface area contributed by atoms with Crippen LogP contribution in [0.3, 0.4) is 0 Å². The highest BCUT2D eigenvalue weighted by Gasteiger charge is 2.16. The molecule has 0 amide bonds. The highest BCUT2D eigenvalue weighted by Crippen LogP contribution is 2.18. The highest BCUT2D eigenvalue weighted by atomic mass is 32.2. The second kappa shape index (κ2) is 10.4. The monoisotopic (exact) mass is 391 g/mol. The van der Waals surface area contributed by atoms with Gasteiger partial charge in [0.2, 0.25) is 10.0 Å². The summed E-state index contributed by atoms with van der Waals surface area (Å²) in [6, 6.07) is 16.9. The Kier molecular flexibility index (Phi) is 8.24.